The third kappa shape index (κ3) is 2.94. The summed E-state index contributed by atoms with van der Waals surface area (Å²) in [6.07, 6.45) is 2.77. The zero-order valence-electron chi connectivity index (χ0n) is 9.10. The number of nitrogens with one attached hydrogen (secondary N) is 1. The summed E-state index contributed by atoms with van der Waals surface area (Å²) in [6.45, 7) is 0.0406. The highest BCUT2D eigenvalue weighted by Gasteiger charge is 2.10. The maximum absolute atomic E-state index is 11.3. The Labute approximate surface area is 92.9 Å². The Morgan fingerprint density at radius 3 is 2.75 bits per heavy atom. The lowest BCUT2D eigenvalue weighted by molar-refractivity contribution is -0.126. The van der Waals surface area contributed by atoms with Crippen molar-refractivity contribution in [1.29, 1.82) is 0 Å². The molecule has 0 spiro atoms. The second-order valence-corrected chi connectivity index (χ2v) is 3.37. The summed E-state index contributed by atoms with van der Waals surface area (Å²) < 4.78 is 0. The van der Waals surface area contributed by atoms with Gasteiger partial charge in [-0.05, 0) is 6.07 Å². The van der Waals surface area contributed by atoms with Gasteiger partial charge in [0.15, 0.2) is 0 Å². The molecule has 1 heterocycles. The molecule has 1 rings (SSSR count). The molecule has 0 unspecified atom stereocenters. The molecule has 16 heavy (non-hydrogen) atoms. The van der Waals surface area contributed by atoms with E-state index in [4.69, 9.17) is 5.11 Å². The van der Waals surface area contributed by atoms with Crippen LogP contribution < -0.4 is 5.32 Å². The SMILES string of the molecule is CN(C)C(=O)CNc1cnccc1C(=O)O. The highest BCUT2D eigenvalue weighted by atomic mass is 16.4. The standard InChI is InChI=1S/C10H13N3O3/c1-13(2)9(14)6-12-8-5-11-4-3-7(8)10(15)16/h3-5,12H,6H2,1-2H3,(H,15,16). The van der Waals surface area contributed by atoms with Gasteiger partial charge in [-0.15, -0.1) is 0 Å². The molecule has 6 nitrogen and oxygen atoms in total. The highest BCUT2D eigenvalue weighted by Crippen LogP contribution is 2.12. The third-order valence-electron chi connectivity index (χ3n) is 1.98. The maximum atomic E-state index is 11.3. The van der Waals surface area contributed by atoms with Crippen LogP contribution in [0.5, 0.6) is 0 Å². The summed E-state index contributed by atoms with van der Waals surface area (Å²) in [5, 5.41) is 11.6. The number of aromatic nitrogens is 1. The van der Waals surface area contributed by atoms with Gasteiger partial charge in [-0.3, -0.25) is 9.78 Å². The zero-order valence-corrected chi connectivity index (χ0v) is 9.10. The Bertz CT molecular complexity index is 404. The molecule has 0 aliphatic heterocycles. The summed E-state index contributed by atoms with van der Waals surface area (Å²) in [4.78, 5) is 27.4. The fraction of sp³-hybridized carbons (Fsp3) is 0.300. The molecule has 2 N–H and O–H groups in total. The van der Waals surface area contributed by atoms with Crippen molar-refractivity contribution in [3.05, 3.63) is 24.0 Å². The van der Waals surface area contributed by atoms with E-state index in [-0.39, 0.29) is 18.0 Å². The smallest absolute Gasteiger partial charge is 0.337 e. The fourth-order valence-electron chi connectivity index (χ4n) is 1.05. The van der Waals surface area contributed by atoms with Crippen molar-refractivity contribution >= 4 is 17.6 Å². The van der Waals surface area contributed by atoms with Gasteiger partial charge in [0.2, 0.25) is 5.91 Å². The molecule has 0 bridgehead atoms. The van der Waals surface area contributed by atoms with Gasteiger partial charge >= 0.3 is 5.97 Å². The topological polar surface area (TPSA) is 82.5 Å². The van der Waals surface area contributed by atoms with Crippen LogP contribution in [-0.4, -0.2) is 47.5 Å². The lowest BCUT2D eigenvalue weighted by atomic mass is 10.2. The van der Waals surface area contributed by atoms with Crippen LogP contribution >= 0.6 is 0 Å². The number of carbonyl (C=O) groups excluding carboxylic acids is 1. The summed E-state index contributed by atoms with van der Waals surface area (Å²) in [7, 11) is 3.26. The number of hydrogen-bond acceptors (Lipinski definition) is 4. The number of rotatable bonds is 4. The van der Waals surface area contributed by atoms with Crippen LogP contribution in [0.15, 0.2) is 18.5 Å². The van der Waals surface area contributed by atoms with Gasteiger partial charge in [-0.2, -0.15) is 0 Å². The quantitative estimate of drug-likeness (QED) is 0.766. The minimum Gasteiger partial charge on any atom is -0.478 e. The molecule has 6 heteroatoms. The van der Waals surface area contributed by atoms with Gasteiger partial charge in [0.05, 0.1) is 24.0 Å². The van der Waals surface area contributed by atoms with E-state index in [0.717, 1.165) is 0 Å². The predicted molar refractivity (Wildman–Crippen MR) is 58.4 cm³/mol. The molecule has 1 amide bonds. The van der Waals surface area contributed by atoms with Crippen molar-refractivity contribution < 1.29 is 14.7 Å². The number of hydrogen-bond donors (Lipinski definition) is 2. The number of likely N-dealkylation sites (N-methyl/N-ethyl adjacent to an activating group) is 1. The summed E-state index contributed by atoms with van der Waals surface area (Å²) in [5.74, 6) is -1.19. The first kappa shape index (κ1) is 12.0. The van der Waals surface area contributed by atoms with Gasteiger partial charge < -0.3 is 15.3 Å². The lowest BCUT2D eigenvalue weighted by Crippen LogP contribution is -2.29. The van der Waals surface area contributed by atoms with Gasteiger partial charge in [-0.1, -0.05) is 0 Å². The van der Waals surface area contributed by atoms with Crippen LogP contribution in [0, 0.1) is 0 Å². The van der Waals surface area contributed by atoms with Crippen molar-refractivity contribution in [3.63, 3.8) is 0 Å². The fourth-order valence-corrected chi connectivity index (χ4v) is 1.05. The minimum atomic E-state index is -1.05. The number of amides is 1. The number of aromatic carboxylic acids is 1. The van der Waals surface area contributed by atoms with E-state index >= 15 is 0 Å². The second-order valence-electron chi connectivity index (χ2n) is 3.37. The molecule has 0 radical (unpaired) electrons. The molecule has 1 aromatic rings. The zero-order chi connectivity index (χ0) is 12.1. The number of carbonyl (C=O) groups is 2. The Morgan fingerprint density at radius 2 is 2.19 bits per heavy atom. The Morgan fingerprint density at radius 1 is 1.50 bits per heavy atom. The van der Waals surface area contributed by atoms with Crippen molar-refractivity contribution in [2.45, 2.75) is 0 Å². The number of pyridine rings is 1. The molecule has 1 aromatic heterocycles. The molecule has 0 saturated carbocycles. The molecule has 0 aliphatic rings. The van der Waals surface area contributed by atoms with Gasteiger partial charge in [0.25, 0.3) is 0 Å². The molecule has 0 fully saturated rings. The van der Waals surface area contributed by atoms with Gasteiger partial charge in [0.1, 0.15) is 0 Å². The van der Waals surface area contributed by atoms with E-state index in [1.807, 2.05) is 0 Å². The molecule has 0 saturated heterocycles. The molecule has 0 aliphatic carbocycles. The monoisotopic (exact) mass is 223 g/mol. The normalized spacial score (nSPS) is 9.62. The number of nitrogens with zero attached hydrogens (tertiary/aromatic N) is 2. The van der Waals surface area contributed by atoms with Crippen molar-refractivity contribution in [3.8, 4) is 0 Å². The number of carboxylic acid groups (broad SMARTS) is 1. The summed E-state index contributed by atoms with van der Waals surface area (Å²) in [5.41, 5.74) is 0.437. The number of anilines is 1. The highest BCUT2D eigenvalue weighted by molar-refractivity contribution is 5.94. The second kappa shape index (κ2) is 5.11. The first-order chi connectivity index (χ1) is 7.52. The molecular weight excluding hydrogens is 210 g/mol. The van der Waals surface area contributed by atoms with Crippen LogP contribution in [0.1, 0.15) is 10.4 Å². The molecule has 0 atom stereocenters. The first-order valence-electron chi connectivity index (χ1n) is 4.63. The van der Waals surface area contributed by atoms with E-state index in [2.05, 4.69) is 10.3 Å². The Balaban J connectivity index is 2.74. The minimum absolute atomic E-state index is 0.0406. The predicted octanol–water partition coefficient (Wildman–Crippen LogP) is 0.280. The summed E-state index contributed by atoms with van der Waals surface area (Å²) in [6, 6.07) is 1.38. The van der Waals surface area contributed by atoms with Gasteiger partial charge in [-0.25, -0.2) is 4.79 Å². The third-order valence-corrected chi connectivity index (χ3v) is 1.98. The van der Waals surface area contributed by atoms with E-state index in [1.54, 1.807) is 14.1 Å². The van der Waals surface area contributed by atoms with E-state index < -0.39 is 5.97 Å². The molecule has 0 aromatic carbocycles. The van der Waals surface area contributed by atoms with Crippen LogP contribution in [-0.2, 0) is 4.79 Å². The molecule has 86 valence electrons. The largest absolute Gasteiger partial charge is 0.478 e. The van der Waals surface area contributed by atoms with Crippen LogP contribution in [0.4, 0.5) is 5.69 Å². The van der Waals surface area contributed by atoms with E-state index in [1.165, 1.54) is 23.4 Å². The number of carboxylic acids is 1. The lowest BCUT2D eigenvalue weighted by Gasteiger charge is -2.12. The average molecular weight is 223 g/mol. The first-order valence-corrected chi connectivity index (χ1v) is 4.63. The van der Waals surface area contributed by atoms with Crippen molar-refractivity contribution in [1.82, 2.24) is 9.88 Å². The molecular formula is C10H13N3O3. The van der Waals surface area contributed by atoms with E-state index in [0.29, 0.717) is 5.69 Å². The summed E-state index contributed by atoms with van der Waals surface area (Å²) >= 11 is 0. The van der Waals surface area contributed by atoms with Gasteiger partial charge in [0, 0.05) is 20.3 Å². The maximum Gasteiger partial charge on any atom is 0.337 e. The van der Waals surface area contributed by atoms with Crippen LogP contribution in [0.3, 0.4) is 0 Å². The van der Waals surface area contributed by atoms with Crippen molar-refractivity contribution in [2.75, 3.05) is 26.0 Å². The van der Waals surface area contributed by atoms with Crippen molar-refractivity contribution in [2.24, 2.45) is 0 Å². The Kier molecular flexibility index (Phi) is 3.82. The Hall–Kier alpha value is -2.11. The average Bonchev–Trinajstić information content (AvgIpc) is 2.25. The van der Waals surface area contributed by atoms with Crippen LogP contribution in [0.25, 0.3) is 0 Å². The van der Waals surface area contributed by atoms with Crippen LogP contribution in [0.2, 0.25) is 0 Å². The van der Waals surface area contributed by atoms with E-state index in [9.17, 15) is 9.59 Å².